The maximum atomic E-state index is 12.9. The molecule has 0 spiro atoms. The normalized spacial score (nSPS) is 18.8. The lowest BCUT2D eigenvalue weighted by atomic mass is 9.91. The van der Waals surface area contributed by atoms with E-state index in [1.165, 1.54) is 12.3 Å². The number of halogens is 1. The van der Waals surface area contributed by atoms with Crippen LogP contribution in [0.15, 0.2) is 35.5 Å². The molecule has 0 radical (unpaired) electrons. The Kier molecular flexibility index (Phi) is 6.37. The number of aromatic nitrogens is 3. The van der Waals surface area contributed by atoms with Crippen LogP contribution in [-0.2, 0) is 11.2 Å². The quantitative estimate of drug-likeness (QED) is 0.705. The topological polar surface area (TPSA) is 88.1 Å². The van der Waals surface area contributed by atoms with Gasteiger partial charge in [0.1, 0.15) is 5.82 Å². The predicted molar refractivity (Wildman–Crippen MR) is 113 cm³/mol. The van der Waals surface area contributed by atoms with Crippen LogP contribution in [0.3, 0.4) is 0 Å². The van der Waals surface area contributed by atoms with Gasteiger partial charge < -0.3 is 4.90 Å². The van der Waals surface area contributed by atoms with E-state index >= 15 is 0 Å². The lowest BCUT2D eigenvalue weighted by Crippen LogP contribution is -2.35. The molecule has 156 valence electrons. The third kappa shape index (κ3) is 5.21. The average molecular weight is 428 g/mol. The number of hydrogen-bond donors (Lipinski definition) is 1. The number of anilines is 1. The zero-order valence-electron chi connectivity index (χ0n) is 16.4. The second-order valence-electron chi connectivity index (χ2n) is 7.42. The van der Waals surface area contributed by atoms with Crippen LogP contribution >= 0.6 is 11.8 Å². The van der Waals surface area contributed by atoms with Gasteiger partial charge in [-0.05, 0) is 74.1 Å². The van der Waals surface area contributed by atoms with Gasteiger partial charge in [0.05, 0.1) is 16.8 Å². The molecular weight excluding hydrogens is 405 g/mol. The summed E-state index contributed by atoms with van der Waals surface area (Å²) < 4.78 is 12.9. The minimum absolute atomic E-state index is 0.299. The van der Waals surface area contributed by atoms with Crippen molar-refractivity contribution in [1.82, 2.24) is 20.3 Å². The van der Waals surface area contributed by atoms with Crippen LogP contribution < -0.4 is 10.2 Å². The first-order chi connectivity index (χ1) is 14.6. The van der Waals surface area contributed by atoms with Gasteiger partial charge in [0.15, 0.2) is 0 Å². The molecule has 7 nitrogen and oxygen atoms in total. The van der Waals surface area contributed by atoms with Crippen LogP contribution in [0.4, 0.5) is 15.1 Å². The molecule has 30 heavy (non-hydrogen) atoms. The third-order valence-electron chi connectivity index (χ3n) is 5.32. The number of thioether (sulfide) groups is 1. The van der Waals surface area contributed by atoms with Crippen molar-refractivity contribution >= 4 is 34.9 Å². The minimum atomic E-state index is -0.387. The molecule has 0 aromatic carbocycles. The monoisotopic (exact) mass is 427 g/mol. The Hall–Kier alpha value is -2.81. The van der Waals surface area contributed by atoms with E-state index < -0.39 is 0 Å². The molecule has 0 unspecified atom stereocenters. The Morgan fingerprint density at radius 2 is 2.03 bits per heavy atom. The number of nitrogens with one attached hydrogen (secondary N) is 1. The molecule has 9 heteroatoms. The van der Waals surface area contributed by atoms with Crippen LogP contribution in [-0.4, -0.2) is 39.2 Å². The van der Waals surface area contributed by atoms with Crippen LogP contribution in [0.1, 0.15) is 37.1 Å². The highest BCUT2D eigenvalue weighted by atomic mass is 32.2. The smallest absolute Gasteiger partial charge is 0.290 e. The molecule has 2 aliphatic heterocycles. The summed E-state index contributed by atoms with van der Waals surface area (Å²) in [4.78, 5) is 38.6. The van der Waals surface area contributed by atoms with E-state index in [1.807, 2.05) is 0 Å². The predicted octanol–water partition coefficient (Wildman–Crippen LogP) is 3.57. The fourth-order valence-corrected chi connectivity index (χ4v) is 4.36. The number of carbonyl (C=O) groups excluding carboxylic acids is 2. The second-order valence-corrected chi connectivity index (χ2v) is 8.44. The number of rotatable bonds is 6. The number of aryl methyl sites for hydroxylation is 1. The maximum absolute atomic E-state index is 12.9. The Morgan fingerprint density at radius 1 is 1.20 bits per heavy atom. The number of pyridine rings is 1. The Labute approximate surface area is 178 Å². The number of carbonyl (C=O) groups is 2. The molecule has 0 aliphatic carbocycles. The highest BCUT2D eigenvalue weighted by Crippen LogP contribution is 2.27. The molecule has 4 rings (SSSR count). The van der Waals surface area contributed by atoms with E-state index in [0.29, 0.717) is 22.5 Å². The Morgan fingerprint density at radius 3 is 2.73 bits per heavy atom. The van der Waals surface area contributed by atoms with E-state index in [9.17, 15) is 14.0 Å². The van der Waals surface area contributed by atoms with Crippen molar-refractivity contribution in [3.63, 3.8) is 0 Å². The van der Waals surface area contributed by atoms with Gasteiger partial charge in [-0.1, -0.05) is 0 Å². The van der Waals surface area contributed by atoms with Crippen molar-refractivity contribution < 1.29 is 14.0 Å². The SMILES string of the molecule is O=C1NC(=O)/C(=C/c2ccnc(N3CCC(CCCc4ccc(F)cn4)CC3)n2)S1. The molecule has 0 saturated carbocycles. The molecule has 2 aromatic heterocycles. The van der Waals surface area contributed by atoms with Crippen LogP contribution in [0, 0.1) is 11.7 Å². The van der Waals surface area contributed by atoms with E-state index in [0.717, 1.165) is 62.6 Å². The van der Waals surface area contributed by atoms with Gasteiger partial charge in [-0.3, -0.25) is 19.9 Å². The fourth-order valence-electron chi connectivity index (χ4n) is 3.70. The van der Waals surface area contributed by atoms with Gasteiger partial charge in [-0.2, -0.15) is 0 Å². The standard InChI is InChI=1S/C21H22FN5O2S/c22-15-4-5-16(24-13-15)3-1-2-14-7-10-27(11-8-14)20-23-9-6-17(25-20)12-18-19(28)26-21(29)30-18/h4-6,9,12-14H,1-3,7-8,10-11H2,(H,26,28,29)/b18-12-. The second kappa shape index (κ2) is 9.34. The van der Waals surface area contributed by atoms with Gasteiger partial charge in [-0.15, -0.1) is 0 Å². The first-order valence-electron chi connectivity index (χ1n) is 10.00. The van der Waals surface area contributed by atoms with Crippen LogP contribution in [0.5, 0.6) is 0 Å². The molecule has 2 saturated heterocycles. The molecule has 2 amide bonds. The number of hydrogen-bond acceptors (Lipinski definition) is 7. The number of nitrogens with zero attached hydrogens (tertiary/aromatic N) is 4. The Balaban J connectivity index is 1.28. The molecule has 2 fully saturated rings. The van der Waals surface area contributed by atoms with Gasteiger partial charge in [-0.25, -0.2) is 14.4 Å². The summed E-state index contributed by atoms with van der Waals surface area (Å²) in [6.45, 7) is 1.76. The summed E-state index contributed by atoms with van der Waals surface area (Å²) in [5.41, 5.74) is 1.55. The molecule has 1 N–H and O–H groups in total. The summed E-state index contributed by atoms with van der Waals surface area (Å²) in [7, 11) is 0. The largest absolute Gasteiger partial charge is 0.341 e. The van der Waals surface area contributed by atoms with Gasteiger partial charge in [0.25, 0.3) is 11.1 Å². The van der Waals surface area contributed by atoms with E-state index in [2.05, 4.69) is 25.2 Å². The van der Waals surface area contributed by atoms with Gasteiger partial charge in [0.2, 0.25) is 5.95 Å². The molecule has 0 atom stereocenters. The lowest BCUT2D eigenvalue weighted by Gasteiger charge is -2.32. The number of piperidine rings is 1. The maximum Gasteiger partial charge on any atom is 0.290 e. The van der Waals surface area contributed by atoms with E-state index in [1.54, 1.807) is 24.4 Å². The Bertz CT molecular complexity index is 958. The highest BCUT2D eigenvalue weighted by molar-refractivity contribution is 8.18. The molecular formula is C21H22FN5O2S. The van der Waals surface area contributed by atoms with E-state index in [4.69, 9.17) is 0 Å². The zero-order chi connectivity index (χ0) is 20.9. The van der Waals surface area contributed by atoms with Crippen molar-refractivity contribution in [2.75, 3.05) is 18.0 Å². The summed E-state index contributed by atoms with van der Waals surface area (Å²) in [5.74, 6) is 0.610. The van der Waals surface area contributed by atoms with Crippen molar-refractivity contribution in [1.29, 1.82) is 0 Å². The minimum Gasteiger partial charge on any atom is -0.341 e. The van der Waals surface area contributed by atoms with Gasteiger partial charge >= 0.3 is 0 Å². The summed E-state index contributed by atoms with van der Waals surface area (Å²) >= 11 is 0.881. The molecule has 2 aliphatic rings. The number of imide groups is 1. The van der Waals surface area contributed by atoms with Crippen molar-refractivity contribution in [2.24, 2.45) is 5.92 Å². The fraction of sp³-hybridized carbons (Fsp3) is 0.381. The molecule has 4 heterocycles. The summed E-state index contributed by atoms with van der Waals surface area (Å²) in [5, 5.41) is 1.88. The summed E-state index contributed by atoms with van der Waals surface area (Å²) in [6.07, 6.45) is 9.74. The average Bonchev–Trinajstić information content (AvgIpc) is 3.07. The number of amides is 2. The molecule has 2 aromatic rings. The third-order valence-corrected chi connectivity index (χ3v) is 6.13. The van der Waals surface area contributed by atoms with Crippen LogP contribution in [0.2, 0.25) is 0 Å². The van der Waals surface area contributed by atoms with Crippen LogP contribution in [0.25, 0.3) is 6.08 Å². The van der Waals surface area contributed by atoms with Crippen molar-refractivity contribution in [3.8, 4) is 0 Å². The zero-order valence-corrected chi connectivity index (χ0v) is 17.2. The highest BCUT2D eigenvalue weighted by Gasteiger charge is 2.25. The van der Waals surface area contributed by atoms with E-state index in [-0.39, 0.29) is 17.0 Å². The van der Waals surface area contributed by atoms with Crippen molar-refractivity contribution in [3.05, 3.63) is 52.7 Å². The van der Waals surface area contributed by atoms with Crippen molar-refractivity contribution in [2.45, 2.75) is 32.1 Å². The van der Waals surface area contributed by atoms with Gasteiger partial charge in [0, 0.05) is 25.0 Å². The molecule has 0 bridgehead atoms. The first-order valence-corrected chi connectivity index (χ1v) is 10.8. The first kappa shape index (κ1) is 20.5. The summed E-state index contributed by atoms with van der Waals surface area (Å²) in [6, 6.07) is 4.94. The lowest BCUT2D eigenvalue weighted by molar-refractivity contribution is -0.115.